The van der Waals surface area contributed by atoms with Gasteiger partial charge < -0.3 is 14.9 Å². The molecule has 0 aromatic heterocycles. The highest BCUT2D eigenvalue weighted by molar-refractivity contribution is 5.66. The Balaban J connectivity index is 2.11. The van der Waals surface area contributed by atoms with Gasteiger partial charge in [-0.25, -0.2) is 0 Å². The second-order valence-electron chi connectivity index (χ2n) is 9.39. The molecule has 0 bridgehead atoms. The zero-order valence-electron chi connectivity index (χ0n) is 16.8. The molecule has 0 heterocycles. The maximum absolute atomic E-state index is 11.7. The molecule has 4 nitrogen and oxygen atoms in total. The number of esters is 1. The Labute approximate surface area is 157 Å². The van der Waals surface area contributed by atoms with Gasteiger partial charge in [-0.1, -0.05) is 44.9 Å². The topological polar surface area (TPSA) is 66.8 Å². The molecule has 0 saturated heterocycles. The van der Waals surface area contributed by atoms with Crippen molar-refractivity contribution in [2.24, 2.45) is 22.7 Å². The van der Waals surface area contributed by atoms with Crippen molar-refractivity contribution < 1.29 is 19.7 Å². The maximum Gasteiger partial charge on any atom is 0.303 e. The third-order valence-electron chi connectivity index (χ3n) is 7.40. The van der Waals surface area contributed by atoms with Crippen LogP contribution >= 0.6 is 0 Å². The normalized spacial score (nSPS) is 40.0. The predicted molar refractivity (Wildman–Crippen MR) is 101 cm³/mol. The predicted octanol–water partition coefficient (Wildman–Crippen LogP) is 3.77. The van der Waals surface area contributed by atoms with Crippen molar-refractivity contribution in [3.8, 4) is 0 Å². The van der Waals surface area contributed by atoms with E-state index < -0.39 is 12.2 Å². The molecule has 1 fully saturated rings. The van der Waals surface area contributed by atoms with Gasteiger partial charge in [0.25, 0.3) is 0 Å². The minimum atomic E-state index is -0.638. The zero-order valence-corrected chi connectivity index (χ0v) is 16.8. The van der Waals surface area contributed by atoms with Crippen LogP contribution in [0, 0.1) is 22.7 Å². The number of rotatable bonds is 3. The number of hydrogen-bond donors (Lipinski definition) is 2. The Morgan fingerprint density at radius 2 is 2.00 bits per heavy atom. The molecule has 5 atom stereocenters. The molecule has 0 spiro atoms. The third-order valence-corrected chi connectivity index (χ3v) is 7.40. The average Bonchev–Trinajstić information content (AvgIpc) is 2.87. The Morgan fingerprint density at radius 1 is 1.31 bits per heavy atom. The summed E-state index contributed by atoms with van der Waals surface area (Å²) >= 11 is 0. The number of carbonyl (C=O) groups excluding carboxylic acids is 1. The smallest absolute Gasteiger partial charge is 0.303 e. The van der Waals surface area contributed by atoms with Crippen molar-refractivity contribution in [1.29, 1.82) is 0 Å². The van der Waals surface area contributed by atoms with Gasteiger partial charge in [-0.05, 0) is 54.9 Å². The Bertz CT molecular complexity index is 647. The lowest BCUT2D eigenvalue weighted by Crippen LogP contribution is -2.46. The molecule has 3 aliphatic rings. The third kappa shape index (κ3) is 3.05. The fourth-order valence-corrected chi connectivity index (χ4v) is 5.71. The monoisotopic (exact) mass is 362 g/mol. The van der Waals surface area contributed by atoms with Gasteiger partial charge in [-0.2, -0.15) is 0 Å². The minimum Gasteiger partial charge on any atom is -0.458 e. The summed E-state index contributed by atoms with van der Waals surface area (Å²) in [4.78, 5) is 11.7. The van der Waals surface area contributed by atoms with E-state index in [1.54, 1.807) is 6.08 Å². The van der Waals surface area contributed by atoms with Crippen LogP contribution in [-0.4, -0.2) is 35.0 Å². The molecule has 26 heavy (non-hydrogen) atoms. The number of carbonyl (C=O) groups is 1. The van der Waals surface area contributed by atoms with E-state index in [1.807, 2.05) is 0 Å². The van der Waals surface area contributed by atoms with Crippen molar-refractivity contribution in [3.05, 3.63) is 22.8 Å². The van der Waals surface area contributed by atoms with Crippen molar-refractivity contribution in [3.63, 3.8) is 0 Å². The van der Waals surface area contributed by atoms with Crippen LogP contribution < -0.4 is 0 Å². The van der Waals surface area contributed by atoms with E-state index in [-0.39, 0.29) is 29.3 Å². The molecule has 0 aromatic rings. The van der Waals surface area contributed by atoms with E-state index in [4.69, 9.17) is 4.74 Å². The van der Waals surface area contributed by atoms with Gasteiger partial charge in [0.05, 0.1) is 12.7 Å². The first kappa shape index (κ1) is 19.6. The van der Waals surface area contributed by atoms with Crippen LogP contribution in [0.5, 0.6) is 0 Å². The summed E-state index contributed by atoms with van der Waals surface area (Å²) in [5, 5.41) is 20.9. The Kier molecular flexibility index (Phi) is 5.13. The standard InChI is InChI=1S/C22H34O4/c1-13(2)16-6-7-21(4)8-9-22(5)17(20(16)21)11-18(26-14(3)24)15(12-23)10-19(22)25/h10,13,17-19,23,25H,6-9,11-12H2,1-5H3/t17-,18-,19+,21-,22-/m1/s1. The first-order chi connectivity index (χ1) is 12.1. The summed E-state index contributed by atoms with van der Waals surface area (Å²) in [6.45, 7) is 10.3. The lowest BCUT2D eigenvalue weighted by atomic mass is 9.54. The first-order valence-corrected chi connectivity index (χ1v) is 10.0. The van der Waals surface area contributed by atoms with Gasteiger partial charge in [0, 0.05) is 12.3 Å². The van der Waals surface area contributed by atoms with Crippen LogP contribution in [0.1, 0.15) is 66.7 Å². The molecule has 0 aromatic carbocycles. The molecule has 0 radical (unpaired) electrons. The maximum atomic E-state index is 11.7. The van der Waals surface area contributed by atoms with Crippen LogP contribution in [0.4, 0.5) is 0 Å². The van der Waals surface area contributed by atoms with Gasteiger partial charge in [0.2, 0.25) is 0 Å². The molecule has 146 valence electrons. The summed E-state index contributed by atoms with van der Waals surface area (Å²) in [6.07, 6.45) is 5.66. The number of allylic oxidation sites excluding steroid dienone is 2. The van der Waals surface area contributed by atoms with Crippen LogP contribution in [0.15, 0.2) is 22.8 Å². The Hall–Kier alpha value is -1.13. The van der Waals surface area contributed by atoms with E-state index in [1.165, 1.54) is 24.5 Å². The number of fused-ring (bicyclic) bond motifs is 3. The SMILES string of the molecule is CC(=O)O[C@@H]1C[C@@H]2C3=C(C(C)C)CC[C@]3(C)CC[C@@]2(C)[C@@H](O)C=C1CO. The van der Waals surface area contributed by atoms with E-state index in [0.29, 0.717) is 17.9 Å². The summed E-state index contributed by atoms with van der Waals surface area (Å²) < 4.78 is 5.59. The van der Waals surface area contributed by atoms with E-state index >= 15 is 0 Å². The highest BCUT2D eigenvalue weighted by atomic mass is 16.5. The molecule has 1 saturated carbocycles. The largest absolute Gasteiger partial charge is 0.458 e. The number of ether oxygens (including phenoxy) is 1. The molecule has 3 rings (SSSR count). The van der Waals surface area contributed by atoms with Gasteiger partial charge in [-0.15, -0.1) is 0 Å². The van der Waals surface area contributed by atoms with Crippen molar-refractivity contribution in [1.82, 2.24) is 0 Å². The van der Waals surface area contributed by atoms with Crippen LogP contribution in [0.3, 0.4) is 0 Å². The van der Waals surface area contributed by atoms with Gasteiger partial charge >= 0.3 is 5.97 Å². The number of hydrogen-bond acceptors (Lipinski definition) is 4. The zero-order chi connectivity index (χ0) is 19.3. The fourth-order valence-electron chi connectivity index (χ4n) is 5.71. The van der Waals surface area contributed by atoms with Crippen LogP contribution in [-0.2, 0) is 9.53 Å². The van der Waals surface area contributed by atoms with Crippen molar-refractivity contribution in [2.75, 3.05) is 6.61 Å². The van der Waals surface area contributed by atoms with E-state index in [2.05, 4.69) is 27.7 Å². The molecule has 0 unspecified atom stereocenters. The number of aliphatic hydroxyl groups excluding tert-OH is 2. The summed E-state index contributed by atoms with van der Waals surface area (Å²) in [6, 6.07) is 0. The van der Waals surface area contributed by atoms with Crippen LogP contribution in [0.25, 0.3) is 0 Å². The number of aliphatic hydroxyl groups is 2. The lowest BCUT2D eigenvalue weighted by molar-refractivity contribution is -0.146. The fraction of sp³-hybridized carbons (Fsp3) is 0.773. The average molecular weight is 363 g/mol. The second kappa shape index (κ2) is 6.79. The molecule has 0 aliphatic heterocycles. The molecule has 4 heteroatoms. The van der Waals surface area contributed by atoms with E-state index in [9.17, 15) is 15.0 Å². The second-order valence-corrected chi connectivity index (χ2v) is 9.39. The minimum absolute atomic E-state index is 0.167. The lowest BCUT2D eigenvalue weighted by Gasteiger charge is -2.51. The quantitative estimate of drug-likeness (QED) is 0.592. The molecular formula is C22H34O4. The molecule has 3 aliphatic carbocycles. The summed E-state index contributed by atoms with van der Waals surface area (Å²) in [5.41, 5.74) is 3.58. The van der Waals surface area contributed by atoms with E-state index in [0.717, 1.165) is 19.3 Å². The molecule has 0 amide bonds. The highest BCUT2D eigenvalue weighted by Gasteiger charge is 2.55. The van der Waals surface area contributed by atoms with Gasteiger partial charge in [0.1, 0.15) is 6.10 Å². The van der Waals surface area contributed by atoms with Crippen molar-refractivity contribution in [2.45, 2.75) is 78.9 Å². The van der Waals surface area contributed by atoms with Gasteiger partial charge in [0.15, 0.2) is 0 Å². The first-order valence-electron chi connectivity index (χ1n) is 10.0. The summed E-state index contributed by atoms with van der Waals surface area (Å²) in [7, 11) is 0. The molecular weight excluding hydrogens is 328 g/mol. The highest BCUT2D eigenvalue weighted by Crippen LogP contribution is 2.63. The van der Waals surface area contributed by atoms with Crippen LogP contribution in [0.2, 0.25) is 0 Å². The summed E-state index contributed by atoms with van der Waals surface area (Å²) in [5.74, 6) is 0.323. The Morgan fingerprint density at radius 3 is 2.58 bits per heavy atom. The van der Waals surface area contributed by atoms with Crippen molar-refractivity contribution >= 4 is 5.97 Å². The molecule has 2 N–H and O–H groups in total. The van der Waals surface area contributed by atoms with Gasteiger partial charge in [-0.3, -0.25) is 4.79 Å².